The molecule has 0 bridgehead atoms. The SMILES string of the molecule is CCC(C)(c1cc2[nH]c3cc(C(C)(C)C(C)(C)C)sc3c2s1)C(C)(C)C. The van der Waals surface area contributed by atoms with Crippen molar-refractivity contribution in [3.63, 3.8) is 0 Å². The molecule has 0 radical (unpaired) electrons. The van der Waals surface area contributed by atoms with Crippen molar-refractivity contribution < 1.29 is 0 Å². The van der Waals surface area contributed by atoms with Crippen LogP contribution in [-0.4, -0.2) is 4.98 Å². The van der Waals surface area contributed by atoms with E-state index in [-0.39, 0.29) is 21.7 Å². The van der Waals surface area contributed by atoms with Crippen molar-refractivity contribution in [3.8, 4) is 0 Å². The van der Waals surface area contributed by atoms with E-state index >= 15 is 0 Å². The highest BCUT2D eigenvalue weighted by atomic mass is 32.1. The van der Waals surface area contributed by atoms with E-state index in [4.69, 9.17) is 0 Å². The fraction of sp³-hybridized carbons (Fsp3) is 0.652. The number of H-pyrrole nitrogens is 1. The number of thiophene rings is 2. The van der Waals surface area contributed by atoms with E-state index in [9.17, 15) is 0 Å². The molecular formula is C23H35NS2. The lowest BCUT2D eigenvalue weighted by atomic mass is 9.65. The molecule has 144 valence electrons. The molecular weight excluding hydrogens is 354 g/mol. The van der Waals surface area contributed by atoms with E-state index in [0.717, 1.165) is 6.42 Å². The van der Waals surface area contributed by atoms with Gasteiger partial charge in [-0.2, -0.15) is 0 Å². The lowest BCUT2D eigenvalue weighted by molar-refractivity contribution is 0.200. The summed E-state index contributed by atoms with van der Waals surface area (Å²) in [5, 5.41) is 0. The third-order valence-electron chi connectivity index (χ3n) is 7.34. The van der Waals surface area contributed by atoms with Crippen LogP contribution in [-0.2, 0) is 10.8 Å². The molecule has 1 atom stereocenters. The van der Waals surface area contributed by atoms with E-state index in [1.54, 1.807) is 0 Å². The molecule has 0 fully saturated rings. The van der Waals surface area contributed by atoms with Crippen molar-refractivity contribution in [2.24, 2.45) is 10.8 Å². The zero-order chi connectivity index (χ0) is 19.7. The number of rotatable bonds is 3. The maximum absolute atomic E-state index is 3.71. The number of fused-ring (bicyclic) bond motifs is 3. The highest BCUT2D eigenvalue weighted by Crippen LogP contribution is 2.51. The van der Waals surface area contributed by atoms with E-state index in [0.29, 0.717) is 0 Å². The second kappa shape index (κ2) is 5.85. The Morgan fingerprint density at radius 2 is 1.19 bits per heavy atom. The van der Waals surface area contributed by atoms with Crippen LogP contribution in [0.3, 0.4) is 0 Å². The zero-order valence-corrected chi connectivity index (χ0v) is 19.8. The fourth-order valence-electron chi connectivity index (χ4n) is 3.47. The minimum Gasteiger partial charge on any atom is -0.353 e. The van der Waals surface area contributed by atoms with Crippen LogP contribution in [0.5, 0.6) is 0 Å². The first-order chi connectivity index (χ1) is 11.7. The summed E-state index contributed by atoms with van der Waals surface area (Å²) in [5.74, 6) is 0. The van der Waals surface area contributed by atoms with Crippen molar-refractivity contribution in [1.29, 1.82) is 0 Å². The zero-order valence-electron chi connectivity index (χ0n) is 18.2. The number of aromatic nitrogens is 1. The van der Waals surface area contributed by atoms with Crippen molar-refractivity contribution in [1.82, 2.24) is 4.98 Å². The highest BCUT2D eigenvalue weighted by Gasteiger charge is 2.39. The van der Waals surface area contributed by atoms with Crippen LogP contribution in [0, 0.1) is 10.8 Å². The fourth-order valence-corrected chi connectivity index (χ4v) is 6.60. The van der Waals surface area contributed by atoms with Gasteiger partial charge in [0.1, 0.15) is 0 Å². The van der Waals surface area contributed by atoms with Crippen LogP contribution < -0.4 is 0 Å². The Hall–Kier alpha value is -0.800. The summed E-state index contributed by atoms with van der Waals surface area (Å²) in [6.07, 6.45) is 1.16. The molecule has 0 amide bonds. The van der Waals surface area contributed by atoms with Gasteiger partial charge in [-0.25, -0.2) is 0 Å². The molecule has 0 saturated carbocycles. The van der Waals surface area contributed by atoms with Crippen molar-refractivity contribution in [2.45, 2.75) is 86.5 Å². The molecule has 0 aliphatic heterocycles. The Morgan fingerprint density at radius 1 is 0.731 bits per heavy atom. The monoisotopic (exact) mass is 389 g/mol. The molecule has 1 unspecified atom stereocenters. The largest absolute Gasteiger partial charge is 0.353 e. The smallest absolute Gasteiger partial charge is 0.0701 e. The van der Waals surface area contributed by atoms with Crippen LogP contribution in [0.1, 0.15) is 85.4 Å². The molecule has 1 N–H and O–H groups in total. The van der Waals surface area contributed by atoms with Crippen LogP contribution in [0.2, 0.25) is 0 Å². The highest BCUT2D eigenvalue weighted by molar-refractivity contribution is 7.27. The van der Waals surface area contributed by atoms with Gasteiger partial charge in [-0.15, -0.1) is 22.7 Å². The maximum Gasteiger partial charge on any atom is 0.0701 e. The van der Waals surface area contributed by atoms with E-state index in [2.05, 4.69) is 86.4 Å². The van der Waals surface area contributed by atoms with Crippen LogP contribution in [0.4, 0.5) is 0 Å². The van der Waals surface area contributed by atoms with Crippen molar-refractivity contribution in [2.75, 3.05) is 0 Å². The summed E-state index contributed by atoms with van der Waals surface area (Å²) in [5.41, 5.74) is 3.47. The summed E-state index contributed by atoms with van der Waals surface area (Å²) < 4.78 is 2.89. The first kappa shape index (κ1) is 19.9. The standard InChI is InChI=1S/C23H35NS2/c1-11-23(10,21(5,6)7)17-13-15-19(26-17)18-14(24-15)12-16(25-18)22(8,9)20(2,3)4/h12-13,24H,11H2,1-10H3. The van der Waals surface area contributed by atoms with Gasteiger partial charge < -0.3 is 4.98 Å². The third-order valence-corrected chi connectivity index (χ3v) is 10.4. The van der Waals surface area contributed by atoms with Gasteiger partial charge in [0.25, 0.3) is 0 Å². The minimum atomic E-state index is 0.160. The third kappa shape index (κ3) is 2.77. The van der Waals surface area contributed by atoms with Crippen LogP contribution in [0.25, 0.3) is 20.4 Å². The molecule has 3 rings (SSSR count). The topological polar surface area (TPSA) is 15.8 Å². The van der Waals surface area contributed by atoms with Gasteiger partial charge in [0.05, 0.1) is 20.4 Å². The average Bonchev–Trinajstić information content (AvgIpc) is 3.13. The molecule has 3 aromatic heterocycles. The average molecular weight is 390 g/mol. The Balaban J connectivity index is 2.15. The van der Waals surface area contributed by atoms with Gasteiger partial charge in [-0.05, 0) is 29.4 Å². The van der Waals surface area contributed by atoms with Gasteiger partial charge in [0, 0.05) is 20.6 Å². The Labute approximate surface area is 167 Å². The Bertz CT molecular complexity index is 937. The van der Waals surface area contributed by atoms with Gasteiger partial charge in [-0.3, -0.25) is 0 Å². The molecule has 0 aromatic carbocycles. The molecule has 1 nitrogen and oxygen atoms in total. The predicted molar refractivity (Wildman–Crippen MR) is 121 cm³/mol. The van der Waals surface area contributed by atoms with E-state index in [1.807, 2.05) is 22.7 Å². The normalized spacial score (nSPS) is 16.5. The van der Waals surface area contributed by atoms with Gasteiger partial charge >= 0.3 is 0 Å². The molecule has 3 aromatic rings. The molecule has 0 saturated heterocycles. The molecule has 3 heterocycles. The molecule has 3 heteroatoms. The predicted octanol–water partition coefficient (Wildman–Crippen LogP) is 8.48. The number of hydrogen-bond acceptors (Lipinski definition) is 2. The number of nitrogens with one attached hydrogen (secondary N) is 1. The second-order valence-electron chi connectivity index (χ2n) is 10.6. The molecule has 0 spiro atoms. The second-order valence-corrected chi connectivity index (χ2v) is 12.7. The molecule has 0 aliphatic carbocycles. The van der Waals surface area contributed by atoms with Crippen molar-refractivity contribution in [3.05, 3.63) is 21.9 Å². The summed E-state index contributed by atoms with van der Waals surface area (Å²) in [4.78, 5) is 6.71. The minimum absolute atomic E-state index is 0.160. The first-order valence-electron chi connectivity index (χ1n) is 9.78. The van der Waals surface area contributed by atoms with E-state index < -0.39 is 0 Å². The van der Waals surface area contributed by atoms with Crippen LogP contribution >= 0.6 is 22.7 Å². The van der Waals surface area contributed by atoms with Gasteiger partial charge in [0.15, 0.2) is 0 Å². The van der Waals surface area contributed by atoms with Gasteiger partial charge in [0.2, 0.25) is 0 Å². The lowest BCUT2D eigenvalue weighted by Crippen LogP contribution is -2.35. The molecule has 0 aliphatic rings. The summed E-state index contributed by atoms with van der Waals surface area (Å²) >= 11 is 3.99. The molecule has 26 heavy (non-hydrogen) atoms. The summed E-state index contributed by atoms with van der Waals surface area (Å²) in [6, 6.07) is 4.80. The Kier molecular flexibility index (Phi) is 4.49. The summed E-state index contributed by atoms with van der Waals surface area (Å²) in [6.45, 7) is 23.6. The Morgan fingerprint density at radius 3 is 1.62 bits per heavy atom. The van der Waals surface area contributed by atoms with Gasteiger partial charge in [-0.1, -0.05) is 69.2 Å². The number of hydrogen-bond donors (Lipinski definition) is 1. The lowest BCUT2D eigenvalue weighted by Gasteiger charge is -2.40. The summed E-state index contributed by atoms with van der Waals surface area (Å²) in [7, 11) is 0. The van der Waals surface area contributed by atoms with Crippen molar-refractivity contribution >= 4 is 43.1 Å². The van der Waals surface area contributed by atoms with E-state index in [1.165, 1.54) is 30.2 Å². The number of aromatic amines is 1. The first-order valence-corrected chi connectivity index (χ1v) is 11.4. The maximum atomic E-state index is 3.71. The van der Waals surface area contributed by atoms with Crippen LogP contribution in [0.15, 0.2) is 12.1 Å². The quantitative estimate of drug-likeness (QED) is 0.462.